The lowest BCUT2D eigenvalue weighted by Crippen LogP contribution is -2.31. The van der Waals surface area contributed by atoms with E-state index in [2.05, 4.69) is 0 Å². The van der Waals surface area contributed by atoms with Gasteiger partial charge in [0, 0.05) is 6.92 Å². The number of carbonyl (C=O) groups is 3. The molecular formula is C16H28O6. The van der Waals surface area contributed by atoms with Crippen molar-refractivity contribution in [2.75, 3.05) is 13.2 Å². The summed E-state index contributed by atoms with van der Waals surface area (Å²) in [6, 6.07) is 0. The van der Waals surface area contributed by atoms with Crippen molar-refractivity contribution in [2.45, 2.75) is 71.8 Å². The molecule has 0 fully saturated rings. The van der Waals surface area contributed by atoms with Crippen LogP contribution in [0.25, 0.3) is 0 Å². The van der Waals surface area contributed by atoms with E-state index in [1.165, 1.54) is 6.92 Å². The van der Waals surface area contributed by atoms with Crippen LogP contribution in [0.1, 0.15) is 65.7 Å². The van der Waals surface area contributed by atoms with E-state index in [-0.39, 0.29) is 13.0 Å². The highest BCUT2D eigenvalue weighted by Gasteiger charge is 2.27. The summed E-state index contributed by atoms with van der Waals surface area (Å²) in [6.07, 6.45) is 3.95. The zero-order valence-electron chi connectivity index (χ0n) is 13.9. The average Bonchev–Trinajstić information content (AvgIpc) is 2.47. The van der Waals surface area contributed by atoms with Gasteiger partial charge in [-0.2, -0.15) is 0 Å². The van der Waals surface area contributed by atoms with Gasteiger partial charge < -0.3 is 14.2 Å². The minimum absolute atomic E-state index is 0.260. The van der Waals surface area contributed by atoms with Crippen LogP contribution in [0.4, 0.5) is 0 Å². The van der Waals surface area contributed by atoms with Crippen LogP contribution in [0.3, 0.4) is 0 Å². The number of hydrogen-bond donors (Lipinski definition) is 0. The van der Waals surface area contributed by atoms with Crippen molar-refractivity contribution >= 4 is 17.9 Å². The van der Waals surface area contributed by atoms with Gasteiger partial charge in [-0.15, -0.1) is 0 Å². The molecule has 0 saturated heterocycles. The molecule has 0 aliphatic rings. The average molecular weight is 316 g/mol. The van der Waals surface area contributed by atoms with Crippen molar-refractivity contribution in [3.63, 3.8) is 0 Å². The van der Waals surface area contributed by atoms with E-state index in [4.69, 9.17) is 14.2 Å². The molecule has 0 spiro atoms. The third-order valence-corrected chi connectivity index (χ3v) is 2.93. The van der Waals surface area contributed by atoms with E-state index in [1.54, 1.807) is 0 Å². The van der Waals surface area contributed by atoms with E-state index in [1.807, 2.05) is 13.8 Å². The highest BCUT2D eigenvalue weighted by atomic mass is 16.6. The first-order valence-corrected chi connectivity index (χ1v) is 8.00. The Morgan fingerprint density at radius 1 is 0.864 bits per heavy atom. The van der Waals surface area contributed by atoms with Gasteiger partial charge in [-0.25, -0.2) is 4.79 Å². The summed E-state index contributed by atoms with van der Waals surface area (Å²) in [5.41, 5.74) is 0. The van der Waals surface area contributed by atoms with Gasteiger partial charge in [0.25, 0.3) is 0 Å². The second-order valence-corrected chi connectivity index (χ2v) is 5.10. The zero-order valence-corrected chi connectivity index (χ0v) is 13.9. The topological polar surface area (TPSA) is 78.9 Å². The van der Waals surface area contributed by atoms with Crippen LogP contribution in [-0.4, -0.2) is 37.2 Å². The summed E-state index contributed by atoms with van der Waals surface area (Å²) < 4.78 is 14.9. The Hall–Kier alpha value is -1.59. The Bertz CT molecular complexity index is 340. The predicted molar refractivity (Wildman–Crippen MR) is 81.1 cm³/mol. The summed E-state index contributed by atoms with van der Waals surface area (Å²) in [5.74, 6) is -1.89. The Morgan fingerprint density at radius 3 is 1.91 bits per heavy atom. The largest absolute Gasteiger partial charge is 0.466 e. The summed E-state index contributed by atoms with van der Waals surface area (Å²) in [6.45, 7) is 5.84. The maximum Gasteiger partial charge on any atom is 0.348 e. The molecule has 0 saturated carbocycles. The van der Waals surface area contributed by atoms with Crippen molar-refractivity contribution in [3.05, 3.63) is 0 Å². The predicted octanol–water partition coefficient (Wildman–Crippen LogP) is 2.78. The van der Waals surface area contributed by atoms with Gasteiger partial charge in [0.1, 0.15) is 0 Å². The third-order valence-electron chi connectivity index (χ3n) is 2.93. The van der Waals surface area contributed by atoms with Gasteiger partial charge in [-0.05, 0) is 12.8 Å². The highest BCUT2D eigenvalue weighted by Crippen LogP contribution is 2.06. The van der Waals surface area contributed by atoms with Gasteiger partial charge >= 0.3 is 17.9 Å². The summed E-state index contributed by atoms with van der Waals surface area (Å²) >= 11 is 0. The molecule has 0 aliphatic carbocycles. The third kappa shape index (κ3) is 11.1. The number of unbranched alkanes of at least 4 members (excludes halogenated alkanes) is 4. The second-order valence-electron chi connectivity index (χ2n) is 5.10. The fourth-order valence-electron chi connectivity index (χ4n) is 1.74. The number of carbonyl (C=O) groups excluding carboxylic acids is 3. The Kier molecular flexibility index (Phi) is 12.2. The van der Waals surface area contributed by atoms with Crippen LogP contribution in [0.15, 0.2) is 0 Å². The van der Waals surface area contributed by atoms with Crippen molar-refractivity contribution in [2.24, 2.45) is 0 Å². The Morgan fingerprint density at radius 2 is 1.41 bits per heavy atom. The normalized spacial score (nSPS) is 11.6. The van der Waals surface area contributed by atoms with Crippen LogP contribution in [0.2, 0.25) is 0 Å². The van der Waals surface area contributed by atoms with Crippen molar-refractivity contribution in [1.82, 2.24) is 0 Å². The van der Waals surface area contributed by atoms with Crippen LogP contribution in [-0.2, 0) is 28.6 Å². The lowest BCUT2D eigenvalue weighted by atomic mass is 10.2. The molecule has 0 rings (SSSR count). The molecule has 22 heavy (non-hydrogen) atoms. The number of ether oxygens (including phenoxy) is 3. The fourth-order valence-corrected chi connectivity index (χ4v) is 1.74. The molecule has 6 heteroatoms. The standard InChI is InChI=1S/C16H28O6/c1-4-6-8-10-20-15(18)12-14(22-13(3)17)16(19)21-11-9-7-5-2/h14H,4-12H2,1-3H3/t14-/m1/s1. The molecule has 0 aliphatic heterocycles. The van der Waals surface area contributed by atoms with Gasteiger partial charge in [0.05, 0.1) is 19.6 Å². The minimum atomic E-state index is -1.22. The SMILES string of the molecule is CCCCCOC(=O)C[C@@H](OC(C)=O)C(=O)OCCCCC. The molecule has 0 radical (unpaired) electrons. The van der Waals surface area contributed by atoms with Crippen molar-refractivity contribution in [1.29, 1.82) is 0 Å². The molecule has 0 unspecified atom stereocenters. The van der Waals surface area contributed by atoms with Crippen LogP contribution in [0, 0.1) is 0 Å². The quantitative estimate of drug-likeness (QED) is 0.313. The highest BCUT2D eigenvalue weighted by molar-refractivity contribution is 5.84. The van der Waals surface area contributed by atoms with Crippen LogP contribution >= 0.6 is 0 Å². The maximum absolute atomic E-state index is 11.8. The Balaban J connectivity index is 4.22. The monoisotopic (exact) mass is 316 g/mol. The first-order chi connectivity index (χ1) is 10.5. The molecule has 1 atom stereocenters. The molecule has 6 nitrogen and oxygen atoms in total. The van der Waals surface area contributed by atoms with Crippen LogP contribution < -0.4 is 0 Å². The van der Waals surface area contributed by atoms with Gasteiger partial charge in [-0.3, -0.25) is 9.59 Å². The minimum Gasteiger partial charge on any atom is -0.466 e. The first-order valence-electron chi connectivity index (χ1n) is 8.00. The number of rotatable bonds is 12. The van der Waals surface area contributed by atoms with Crippen molar-refractivity contribution < 1.29 is 28.6 Å². The number of esters is 3. The molecule has 128 valence electrons. The molecular weight excluding hydrogens is 288 g/mol. The van der Waals surface area contributed by atoms with Gasteiger partial charge in [0.15, 0.2) is 0 Å². The molecule has 0 heterocycles. The van der Waals surface area contributed by atoms with E-state index in [0.717, 1.165) is 38.5 Å². The van der Waals surface area contributed by atoms with E-state index < -0.39 is 24.0 Å². The van der Waals surface area contributed by atoms with Gasteiger partial charge in [-0.1, -0.05) is 39.5 Å². The van der Waals surface area contributed by atoms with E-state index >= 15 is 0 Å². The zero-order chi connectivity index (χ0) is 16.8. The Labute approximate surface area is 132 Å². The van der Waals surface area contributed by atoms with Crippen molar-refractivity contribution in [3.8, 4) is 0 Å². The molecule has 0 aromatic carbocycles. The molecule has 0 N–H and O–H groups in total. The summed E-state index contributed by atoms with van der Waals surface area (Å²) in [4.78, 5) is 34.5. The lowest BCUT2D eigenvalue weighted by molar-refractivity contribution is -0.171. The molecule has 0 aromatic rings. The maximum atomic E-state index is 11.8. The molecule has 0 bridgehead atoms. The number of hydrogen-bond acceptors (Lipinski definition) is 6. The smallest absolute Gasteiger partial charge is 0.348 e. The first kappa shape index (κ1) is 20.4. The summed E-state index contributed by atoms with van der Waals surface area (Å²) in [7, 11) is 0. The molecule has 0 aromatic heterocycles. The van der Waals surface area contributed by atoms with E-state index in [9.17, 15) is 14.4 Å². The lowest BCUT2D eigenvalue weighted by Gasteiger charge is -2.15. The summed E-state index contributed by atoms with van der Waals surface area (Å²) in [5, 5.41) is 0. The van der Waals surface area contributed by atoms with Gasteiger partial charge in [0.2, 0.25) is 6.10 Å². The van der Waals surface area contributed by atoms with Crippen LogP contribution in [0.5, 0.6) is 0 Å². The second kappa shape index (κ2) is 13.1. The fraction of sp³-hybridized carbons (Fsp3) is 0.812. The van der Waals surface area contributed by atoms with E-state index in [0.29, 0.717) is 6.61 Å². The molecule has 0 amide bonds.